The molecular formula is C29H37F3N6O5S. The number of rotatable bonds is 10. The van der Waals surface area contributed by atoms with Crippen LogP contribution < -0.4 is 16.0 Å². The SMILES string of the molecule is C=C(/C=C\C(=C/C)C(C)C)CNC=O.COC(=O)c1ncc(N2CCN(S(=O)(=O)c3ccc(C(F)(F)F)cc3)CC2)nc1N. The summed E-state index contributed by atoms with van der Waals surface area (Å²) >= 11 is 0. The van der Waals surface area contributed by atoms with Gasteiger partial charge in [-0.05, 0) is 48.3 Å². The summed E-state index contributed by atoms with van der Waals surface area (Å²) < 4.78 is 69.2. The molecule has 3 rings (SSSR count). The minimum absolute atomic E-state index is 0.0870. The molecule has 1 aromatic heterocycles. The lowest BCUT2D eigenvalue weighted by Crippen LogP contribution is -2.49. The van der Waals surface area contributed by atoms with E-state index in [9.17, 15) is 31.2 Å². The van der Waals surface area contributed by atoms with Gasteiger partial charge in [0, 0.05) is 32.7 Å². The maximum atomic E-state index is 12.7. The summed E-state index contributed by atoms with van der Waals surface area (Å²) in [5.74, 6) is 0.0490. The van der Waals surface area contributed by atoms with Gasteiger partial charge in [-0.1, -0.05) is 38.7 Å². The Bertz CT molecular complexity index is 1470. The van der Waals surface area contributed by atoms with E-state index in [2.05, 4.69) is 46.5 Å². The highest BCUT2D eigenvalue weighted by Crippen LogP contribution is 2.30. The summed E-state index contributed by atoms with van der Waals surface area (Å²) in [4.78, 5) is 31.1. The zero-order valence-corrected chi connectivity index (χ0v) is 25.8. The first-order valence-electron chi connectivity index (χ1n) is 13.5. The van der Waals surface area contributed by atoms with Crippen LogP contribution in [0.3, 0.4) is 0 Å². The molecular weight excluding hydrogens is 601 g/mol. The second kappa shape index (κ2) is 16.0. The lowest BCUT2D eigenvalue weighted by molar-refractivity contribution is -0.137. The number of sulfonamides is 1. The minimum Gasteiger partial charge on any atom is -0.464 e. The van der Waals surface area contributed by atoms with Crippen molar-refractivity contribution >= 4 is 34.0 Å². The van der Waals surface area contributed by atoms with Crippen molar-refractivity contribution in [1.29, 1.82) is 0 Å². The quantitative estimate of drug-likeness (QED) is 0.225. The van der Waals surface area contributed by atoms with Crippen molar-refractivity contribution in [2.75, 3.05) is 50.5 Å². The van der Waals surface area contributed by atoms with Crippen molar-refractivity contribution in [1.82, 2.24) is 19.6 Å². The van der Waals surface area contributed by atoms with Gasteiger partial charge in [-0.15, -0.1) is 0 Å². The first-order valence-corrected chi connectivity index (χ1v) is 14.9. The molecule has 1 fully saturated rings. The summed E-state index contributed by atoms with van der Waals surface area (Å²) in [7, 11) is -2.75. The second-order valence-corrected chi connectivity index (χ2v) is 11.7. The van der Waals surface area contributed by atoms with E-state index in [4.69, 9.17) is 5.73 Å². The normalized spacial score (nSPS) is 14.6. The third-order valence-electron chi connectivity index (χ3n) is 6.47. The molecule has 0 saturated carbocycles. The molecule has 1 aromatic carbocycles. The maximum Gasteiger partial charge on any atom is 0.416 e. The van der Waals surface area contributed by atoms with Gasteiger partial charge in [0.2, 0.25) is 16.4 Å². The third kappa shape index (κ3) is 9.91. The number of nitrogens with two attached hydrogens (primary N) is 1. The number of allylic oxidation sites excluding steroid dienone is 3. The van der Waals surface area contributed by atoms with Crippen molar-refractivity contribution in [3.8, 4) is 0 Å². The van der Waals surface area contributed by atoms with Gasteiger partial charge in [0.25, 0.3) is 0 Å². The smallest absolute Gasteiger partial charge is 0.416 e. The molecule has 0 aliphatic carbocycles. The number of nitrogens with one attached hydrogen (secondary N) is 1. The molecule has 15 heteroatoms. The number of anilines is 2. The molecule has 0 unspecified atom stereocenters. The van der Waals surface area contributed by atoms with Crippen LogP contribution in [-0.2, 0) is 25.7 Å². The van der Waals surface area contributed by atoms with Gasteiger partial charge in [-0.25, -0.2) is 23.2 Å². The third-order valence-corrected chi connectivity index (χ3v) is 8.38. The van der Waals surface area contributed by atoms with Gasteiger partial charge in [0.05, 0.1) is 23.8 Å². The number of aromatic nitrogens is 2. The minimum atomic E-state index is -4.54. The number of hydrogen-bond donors (Lipinski definition) is 2. The number of carbonyl (C=O) groups is 2. The van der Waals surface area contributed by atoms with Crippen molar-refractivity contribution in [2.24, 2.45) is 5.92 Å². The van der Waals surface area contributed by atoms with Crippen LogP contribution >= 0.6 is 0 Å². The molecule has 3 N–H and O–H groups in total. The monoisotopic (exact) mass is 638 g/mol. The van der Waals surface area contributed by atoms with Crippen LogP contribution in [0.15, 0.2) is 71.3 Å². The van der Waals surface area contributed by atoms with Crippen LogP contribution in [0, 0.1) is 5.92 Å². The van der Waals surface area contributed by atoms with Crippen molar-refractivity contribution in [3.63, 3.8) is 0 Å². The Morgan fingerprint density at radius 1 is 1.16 bits per heavy atom. The fourth-order valence-electron chi connectivity index (χ4n) is 3.99. The lowest BCUT2D eigenvalue weighted by Gasteiger charge is -2.34. The Morgan fingerprint density at radius 3 is 2.25 bits per heavy atom. The Morgan fingerprint density at radius 2 is 1.77 bits per heavy atom. The molecule has 0 atom stereocenters. The van der Waals surface area contributed by atoms with Crippen LogP contribution in [0.25, 0.3) is 0 Å². The summed E-state index contributed by atoms with van der Waals surface area (Å²) in [5, 5.41) is 2.57. The second-order valence-electron chi connectivity index (χ2n) is 9.80. The van der Waals surface area contributed by atoms with E-state index >= 15 is 0 Å². The van der Waals surface area contributed by atoms with Crippen molar-refractivity contribution in [2.45, 2.75) is 31.8 Å². The van der Waals surface area contributed by atoms with Crippen LogP contribution in [-0.4, -0.2) is 74.9 Å². The maximum absolute atomic E-state index is 12.7. The Kier molecular flexibility index (Phi) is 13.1. The van der Waals surface area contributed by atoms with Crippen molar-refractivity contribution in [3.05, 3.63) is 77.7 Å². The Balaban J connectivity index is 0.000000408. The topological polar surface area (TPSA) is 148 Å². The molecule has 1 saturated heterocycles. The van der Waals surface area contributed by atoms with E-state index in [0.717, 1.165) is 29.8 Å². The van der Waals surface area contributed by atoms with Crippen LogP contribution in [0.2, 0.25) is 0 Å². The number of ether oxygens (including phenoxy) is 1. The lowest BCUT2D eigenvalue weighted by atomic mass is 10.0. The zero-order chi connectivity index (χ0) is 33.1. The molecule has 0 radical (unpaired) electrons. The van der Waals surface area contributed by atoms with E-state index in [1.54, 1.807) is 4.90 Å². The zero-order valence-electron chi connectivity index (χ0n) is 25.0. The number of piperazine rings is 1. The molecule has 2 heterocycles. The van der Waals surface area contributed by atoms with E-state index in [-0.39, 0.29) is 42.6 Å². The summed E-state index contributed by atoms with van der Waals surface area (Å²) in [6.45, 7) is 11.3. The number of halogens is 3. The van der Waals surface area contributed by atoms with Crippen LogP contribution in [0.1, 0.15) is 36.8 Å². The number of hydrogen-bond acceptors (Lipinski definition) is 9. The Hall–Kier alpha value is -4.24. The highest BCUT2D eigenvalue weighted by atomic mass is 32.2. The average Bonchev–Trinajstić information content (AvgIpc) is 2.99. The number of benzene rings is 1. The molecule has 1 aliphatic rings. The number of nitrogen functional groups attached to an aromatic ring is 1. The van der Waals surface area contributed by atoms with Crippen LogP contribution in [0.5, 0.6) is 0 Å². The predicted molar refractivity (Wildman–Crippen MR) is 161 cm³/mol. The van der Waals surface area contributed by atoms with Crippen LogP contribution in [0.4, 0.5) is 24.8 Å². The number of methoxy groups -OCH3 is 1. The van der Waals surface area contributed by atoms with Gasteiger partial charge < -0.3 is 20.7 Å². The molecule has 1 aliphatic heterocycles. The summed E-state index contributed by atoms with van der Waals surface area (Å²) in [6, 6.07) is 3.37. The molecule has 1 amide bonds. The number of carbonyl (C=O) groups excluding carboxylic acids is 2. The molecule has 240 valence electrons. The first kappa shape index (κ1) is 36.0. The fraction of sp³-hybridized carbons (Fsp3) is 0.379. The molecule has 0 spiro atoms. The van der Waals surface area contributed by atoms with E-state index in [0.29, 0.717) is 24.7 Å². The first-order chi connectivity index (χ1) is 20.6. The number of amides is 1. The van der Waals surface area contributed by atoms with Gasteiger partial charge in [0.15, 0.2) is 11.5 Å². The predicted octanol–water partition coefficient (Wildman–Crippen LogP) is 3.82. The molecule has 11 nitrogen and oxygen atoms in total. The number of alkyl halides is 3. The Labute approximate surface area is 255 Å². The van der Waals surface area contributed by atoms with E-state index in [1.165, 1.54) is 23.2 Å². The van der Waals surface area contributed by atoms with Gasteiger partial charge >= 0.3 is 12.1 Å². The highest BCUT2D eigenvalue weighted by Gasteiger charge is 2.33. The van der Waals surface area contributed by atoms with E-state index in [1.807, 2.05) is 19.1 Å². The molecule has 2 aromatic rings. The average molecular weight is 639 g/mol. The summed E-state index contributed by atoms with van der Waals surface area (Å²) in [5.41, 5.74) is 6.87. The summed E-state index contributed by atoms with van der Waals surface area (Å²) in [6.07, 6.45) is 3.54. The van der Waals surface area contributed by atoms with Gasteiger partial charge in [-0.3, -0.25) is 4.79 Å². The van der Waals surface area contributed by atoms with E-state index < -0.39 is 27.7 Å². The van der Waals surface area contributed by atoms with Gasteiger partial charge in [-0.2, -0.15) is 17.5 Å². The fourth-order valence-corrected chi connectivity index (χ4v) is 5.41. The number of esters is 1. The van der Waals surface area contributed by atoms with Crippen molar-refractivity contribution < 1.29 is 35.9 Å². The standard InChI is InChI=1S/C17H18F3N5O4S.C12H19NO/c1-29-16(26)14-15(21)23-13(10-22-14)24-6-8-25(9-7-24)30(27,28)12-4-2-11(3-5-12)17(18,19)20;1-5-12(10(2)3)7-6-11(4)8-13-9-14/h2-5,10H,6-9H2,1H3,(H2,21,23);5-7,9-10H,4,8H2,1-3H3,(H,13,14)/b;7-6-,12-5+. The van der Waals surface area contributed by atoms with Gasteiger partial charge in [0.1, 0.15) is 5.82 Å². The highest BCUT2D eigenvalue weighted by molar-refractivity contribution is 7.89. The molecule has 44 heavy (non-hydrogen) atoms. The largest absolute Gasteiger partial charge is 0.464 e. The number of nitrogens with zero attached hydrogens (tertiary/aromatic N) is 4. The molecule has 0 bridgehead atoms.